The predicted octanol–water partition coefficient (Wildman–Crippen LogP) is 7.20. The van der Waals surface area contributed by atoms with Crippen LogP contribution in [-0.4, -0.2) is 5.71 Å². The second-order valence-corrected chi connectivity index (χ2v) is 7.41. The lowest BCUT2D eigenvalue weighted by Crippen LogP contribution is -2.03. The molecule has 0 saturated carbocycles. The highest BCUT2D eigenvalue weighted by Crippen LogP contribution is 2.36. The van der Waals surface area contributed by atoms with E-state index in [1.807, 2.05) is 72.8 Å². The standard InChI is InChI=1S/C26H20BrNO/c27-23-17-10-18-24(26(23)29-19-20-11-4-1-5-12-20)28-25(21-13-6-2-7-14-21)22-15-8-3-9-16-22/h1-18H,19H2. The molecule has 0 bridgehead atoms. The molecule has 0 aromatic heterocycles. The maximum atomic E-state index is 6.17. The van der Waals surface area contributed by atoms with E-state index >= 15 is 0 Å². The molecule has 0 radical (unpaired) electrons. The number of hydrogen-bond acceptors (Lipinski definition) is 2. The molecule has 0 spiro atoms. The molecule has 29 heavy (non-hydrogen) atoms. The molecular weight excluding hydrogens is 422 g/mol. The highest BCUT2D eigenvalue weighted by molar-refractivity contribution is 9.10. The molecule has 0 unspecified atom stereocenters. The van der Waals surface area contributed by atoms with Crippen molar-refractivity contribution in [2.45, 2.75) is 6.61 Å². The van der Waals surface area contributed by atoms with Crippen molar-refractivity contribution in [1.82, 2.24) is 0 Å². The maximum Gasteiger partial charge on any atom is 0.159 e. The van der Waals surface area contributed by atoms with Crippen LogP contribution in [0.2, 0.25) is 0 Å². The zero-order valence-corrected chi connectivity index (χ0v) is 17.4. The number of rotatable bonds is 6. The van der Waals surface area contributed by atoms with Gasteiger partial charge in [-0.2, -0.15) is 0 Å². The number of halogens is 1. The first-order chi connectivity index (χ1) is 14.3. The first kappa shape index (κ1) is 19.2. The Hall–Kier alpha value is -3.17. The molecular formula is C26H20BrNO. The van der Waals surface area contributed by atoms with Crippen molar-refractivity contribution in [2.24, 2.45) is 4.99 Å². The van der Waals surface area contributed by atoms with Crippen LogP contribution in [0.5, 0.6) is 5.75 Å². The summed E-state index contributed by atoms with van der Waals surface area (Å²) < 4.78 is 7.06. The highest BCUT2D eigenvalue weighted by atomic mass is 79.9. The summed E-state index contributed by atoms with van der Waals surface area (Å²) >= 11 is 3.63. The molecule has 0 aliphatic rings. The Morgan fingerprint density at radius 2 is 1.21 bits per heavy atom. The van der Waals surface area contributed by atoms with Gasteiger partial charge in [-0.05, 0) is 33.6 Å². The summed E-state index contributed by atoms with van der Waals surface area (Å²) in [5.74, 6) is 0.737. The van der Waals surface area contributed by atoms with Gasteiger partial charge < -0.3 is 4.74 Å². The molecule has 0 N–H and O–H groups in total. The average molecular weight is 442 g/mol. The van der Waals surface area contributed by atoms with Gasteiger partial charge in [0.1, 0.15) is 12.3 Å². The van der Waals surface area contributed by atoms with Crippen LogP contribution in [0.25, 0.3) is 0 Å². The quantitative estimate of drug-likeness (QED) is 0.290. The third kappa shape index (κ3) is 4.82. The van der Waals surface area contributed by atoms with Gasteiger partial charge in [-0.15, -0.1) is 0 Å². The fraction of sp³-hybridized carbons (Fsp3) is 0.0385. The molecule has 0 aliphatic heterocycles. The van der Waals surface area contributed by atoms with E-state index in [-0.39, 0.29) is 0 Å². The topological polar surface area (TPSA) is 21.6 Å². The molecule has 4 rings (SSSR count). The molecule has 4 aromatic rings. The average Bonchev–Trinajstić information content (AvgIpc) is 2.79. The van der Waals surface area contributed by atoms with Crippen molar-refractivity contribution in [3.05, 3.63) is 130 Å². The molecule has 4 aromatic carbocycles. The van der Waals surface area contributed by atoms with Gasteiger partial charge in [0, 0.05) is 11.1 Å². The molecule has 0 aliphatic carbocycles. The molecule has 0 fully saturated rings. The Morgan fingerprint density at radius 3 is 1.79 bits per heavy atom. The van der Waals surface area contributed by atoms with Crippen molar-refractivity contribution in [3.8, 4) is 5.75 Å². The summed E-state index contributed by atoms with van der Waals surface area (Å²) in [5, 5.41) is 0. The van der Waals surface area contributed by atoms with E-state index in [1.165, 1.54) is 0 Å². The molecule has 0 saturated heterocycles. The molecule has 0 atom stereocenters. The van der Waals surface area contributed by atoms with Crippen LogP contribution < -0.4 is 4.74 Å². The summed E-state index contributed by atoms with van der Waals surface area (Å²) in [6.45, 7) is 0.484. The lowest BCUT2D eigenvalue weighted by molar-refractivity contribution is 0.305. The summed E-state index contributed by atoms with van der Waals surface area (Å²) in [4.78, 5) is 5.03. The maximum absolute atomic E-state index is 6.17. The van der Waals surface area contributed by atoms with E-state index in [0.717, 1.165) is 38.3 Å². The number of para-hydroxylation sites is 1. The van der Waals surface area contributed by atoms with E-state index in [2.05, 4.69) is 52.3 Å². The smallest absolute Gasteiger partial charge is 0.159 e. The van der Waals surface area contributed by atoms with Gasteiger partial charge in [0.2, 0.25) is 0 Å². The second kappa shape index (κ2) is 9.35. The summed E-state index contributed by atoms with van der Waals surface area (Å²) in [6.07, 6.45) is 0. The Morgan fingerprint density at radius 1 is 0.655 bits per heavy atom. The number of nitrogens with zero attached hydrogens (tertiary/aromatic N) is 1. The monoisotopic (exact) mass is 441 g/mol. The van der Waals surface area contributed by atoms with E-state index in [9.17, 15) is 0 Å². The van der Waals surface area contributed by atoms with Crippen molar-refractivity contribution in [3.63, 3.8) is 0 Å². The minimum absolute atomic E-state index is 0.484. The Bertz CT molecular complexity index is 1050. The van der Waals surface area contributed by atoms with Gasteiger partial charge in [0.05, 0.1) is 10.2 Å². The van der Waals surface area contributed by atoms with Gasteiger partial charge in [-0.25, -0.2) is 4.99 Å². The fourth-order valence-electron chi connectivity index (χ4n) is 3.07. The van der Waals surface area contributed by atoms with E-state index in [1.54, 1.807) is 0 Å². The van der Waals surface area contributed by atoms with Crippen LogP contribution in [0.4, 0.5) is 5.69 Å². The number of ether oxygens (including phenoxy) is 1. The minimum atomic E-state index is 0.484. The molecule has 142 valence electrons. The third-order valence-corrected chi connectivity index (χ3v) is 5.12. The highest BCUT2D eigenvalue weighted by Gasteiger charge is 2.12. The first-order valence-electron chi connectivity index (χ1n) is 9.46. The largest absolute Gasteiger partial charge is 0.485 e. The van der Waals surface area contributed by atoms with Crippen molar-refractivity contribution >= 4 is 27.3 Å². The van der Waals surface area contributed by atoms with Crippen LogP contribution in [-0.2, 0) is 6.61 Å². The predicted molar refractivity (Wildman–Crippen MR) is 123 cm³/mol. The Kier molecular flexibility index (Phi) is 6.18. The lowest BCUT2D eigenvalue weighted by atomic mass is 10.0. The van der Waals surface area contributed by atoms with Gasteiger partial charge in [0.15, 0.2) is 5.75 Å². The Labute approximate surface area is 179 Å². The lowest BCUT2D eigenvalue weighted by Gasteiger charge is -2.13. The number of hydrogen-bond donors (Lipinski definition) is 0. The summed E-state index contributed by atoms with van der Waals surface area (Å²) in [7, 11) is 0. The Balaban J connectivity index is 1.75. The summed E-state index contributed by atoms with van der Waals surface area (Å²) in [6, 6.07) is 36.5. The molecule has 2 nitrogen and oxygen atoms in total. The van der Waals surface area contributed by atoms with Crippen LogP contribution >= 0.6 is 15.9 Å². The second-order valence-electron chi connectivity index (χ2n) is 6.55. The van der Waals surface area contributed by atoms with E-state index in [0.29, 0.717) is 6.61 Å². The van der Waals surface area contributed by atoms with Gasteiger partial charge in [-0.3, -0.25) is 0 Å². The number of benzene rings is 4. The fourth-order valence-corrected chi connectivity index (χ4v) is 3.54. The van der Waals surface area contributed by atoms with Crippen LogP contribution in [0.15, 0.2) is 119 Å². The van der Waals surface area contributed by atoms with Gasteiger partial charge >= 0.3 is 0 Å². The minimum Gasteiger partial charge on any atom is -0.485 e. The molecule has 3 heteroatoms. The SMILES string of the molecule is Brc1cccc(N=C(c2ccccc2)c2ccccc2)c1OCc1ccccc1. The van der Waals surface area contributed by atoms with E-state index in [4.69, 9.17) is 9.73 Å². The van der Waals surface area contributed by atoms with Crippen molar-refractivity contribution < 1.29 is 4.74 Å². The van der Waals surface area contributed by atoms with Crippen molar-refractivity contribution in [1.29, 1.82) is 0 Å². The van der Waals surface area contributed by atoms with Crippen LogP contribution in [0, 0.1) is 0 Å². The number of aliphatic imine (C=N–C) groups is 1. The van der Waals surface area contributed by atoms with E-state index < -0.39 is 0 Å². The third-order valence-electron chi connectivity index (χ3n) is 4.50. The van der Waals surface area contributed by atoms with Crippen LogP contribution in [0.3, 0.4) is 0 Å². The zero-order chi connectivity index (χ0) is 19.9. The van der Waals surface area contributed by atoms with Crippen molar-refractivity contribution in [2.75, 3.05) is 0 Å². The van der Waals surface area contributed by atoms with Gasteiger partial charge in [0.25, 0.3) is 0 Å². The normalized spacial score (nSPS) is 10.4. The zero-order valence-electron chi connectivity index (χ0n) is 15.8. The van der Waals surface area contributed by atoms with Gasteiger partial charge in [-0.1, -0.05) is 97.1 Å². The first-order valence-corrected chi connectivity index (χ1v) is 10.3. The molecule has 0 heterocycles. The summed E-state index contributed by atoms with van der Waals surface area (Å²) in [5.41, 5.74) is 4.94. The molecule has 0 amide bonds. The van der Waals surface area contributed by atoms with Crippen LogP contribution in [0.1, 0.15) is 16.7 Å².